The van der Waals surface area contributed by atoms with Gasteiger partial charge in [0.05, 0.1) is 6.10 Å². The van der Waals surface area contributed by atoms with Crippen molar-refractivity contribution in [2.75, 3.05) is 26.7 Å². The summed E-state index contributed by atoms with van der Waals surface area (Å²) in [6.07, 6.45) is 2.54. The van der Waals surface area contributed by atoms with Crippen LogP contribution < -0.4 is 5.32 Å². The Morgan fingerprint density at radius 3 is 3.00 bits per heavy atom. The zero-order valence-corrected chi connectivity index (χ0v) is 7.95. The summed E-state index contributed by atoms with van der Waals surface area (Å²) in [6, 6.07) is 0.524. The van der Waals surface area contributed by atoms with Crippen molar-refractivity contribution in [3.63, 3.8) is 0 Å². The third-order valence-electron chi connectivity index (χ3n) is 2.58. The van der Waals surface area contributed by atoms with Crippen LogP contribution in [-0.2, 0) is 9.53 Å². The first-order chi connectivity index (χ1) is 6.31. The predicted octanol–water partition coefficient (Wildman–Crippen LogP) is -0.404. The van der Waals surface area contributed by atoms with Crippen LogP contribution in [0.1, 0.15) is 12.8 Å². The Balaban J connectivity index is 1.88. The van der Waals surface area contributed by atoms with Crippen molar-refractivity contribution in [3.05, 3.63) is 0 Å². The number of ether oxygens (including phenoxy) is 1. The Bertz CT molecular complexity index is 204. The molecule has 0 aromatic rings. The van der Waals surface area contributed by atoms with Crippen LogP contribution in [0.2, 0.25) is 0 Å². The van der Waals surface area contributed by atoms with Gasteiger partial charge in [0.2, 0.25) is 5.91 Å². The van der Waals surface area contributed by atoms with Crippen LogP contribution >= 0.6 is 0 Å². The number of hydrogen-bond donors (Lipinski definition) is 1. The molecule has 2 rings (SSSR count). The molecule has 1 saturated carbocycles. The molecule has 1 N–H and O–H groups in total. The van der Waals surface area contributed by atoms with E-state index in [-0.39, 0.29) is 18.6 Å². The Labute approximate surface area is 78.2 Å². The summed E-state index contributed by atoms with van der Waals surface area (Å²) < 4.78 is 5.39. The van der Waals surface area contributed by atoms with Gasteiger partial charge in [0.1, 0.15) is 6.61 Å². The molecule has 1 aliphatic carbocycles. The first-order valence-electron chi connectivity index (χ1n) is 4.87. The molecule has 2 aliphatic rings. The van der Waals surface area contributed by atoms with Crippen LogP contribution in [0, 0.1) is 0 Å². The zero-order valence-electron chi connectivity index (χ0n) is 7.95. The fraction of sp³-hybridized carbons (Fsp3) is 0.889. The van der Waals surface area contributed by atoms with E-state index in [4.69, 9.17) is 4.74 Å². The Kier molecular flexibility index (Phi) is 2.51. The van der Waals surface area contributed by atoms with Gasteiger partial charge in [0.25, 0.3) is 0 Å². The van der Waals surface area contributed by atoms with E-state index in [1.807, 2.05) is 11.9 Å². The lowest BCUT2D eigenvalue weighted by Gasteiger charge is -2.32. The average molecular weight is 184 g/mol. The van der Waals surface area contributed by atoms with Crippen molar-refractivity contribution in [1.82, 2.24) is 10.2 Å². The van der Waals surface area contributed by atoms with E-state index in [0.717, 1.165) is 13.1 Å². The summed E-state index contributed by atoms with van der Waals surface area (Å²) >= 11 is 0. The van der Waals surface area contributed by atoms with Crippen molar-refractivity contribution in [2.45, 2.75) is 25.0 Å². The number of rotatable bonds is 3. The Morgan fingerprint density at radius 1 is 1.62 bits per heavy atom. The van der Waals surface area contributed by atoms with Gasteiger partial charge in [-0.05, 0) is 19.9 Å². The lowest BCUT2D eigenvalue weighted by atomic mass is 10.2. The van der Waals surface area contributed by atoms with Crippen molar-refractivity contribution in [1.29, 1.82) is 0 Å². The van der Waals surface area contributed by atoms with E-state index in [1.54, 1.807) is 0 Å². The molecule has 0 radical (unpaired) electrons. The SMILES string of the molecule is CNCC1CN(C2CC2)C(=O)CO1. The highest BCUT2D eigenvalue weighted by Crippen LogP contribution is 2.28. The molecular weight excluding hydrogens is 168 g/mol. The largest absolute Gasteiger partial charge is 0.365 e. The van der Waals surface area contributed by atoms with E-state index < -0.39 is 0 Å². The summed E-state index contributed by atoms with van der Waals surface area (Å²) in [5.74, 6) is 0.162. The Morgan fingerprint density at radius 2 is 2.38 bits per heavy atom. The fourth-order valence-corrected chi connectivity index (χ4v) is 1.74. The van der Waals surface area contributed by atoms with Crippen molar-refractivity contribution in [3.8, 4) is 0 Å². The highest BCUT2D eigenvalue weighted by atomic mass is 16.5. The number of likely N-dealkylation sites (N-methyl/N-ethyl adjacent to an activating group) is 1. The number of nitrogens with one attached hydrogen (secondary N) is 1. The fourth-order valence-electron chi connectivity index (χ4n) is 1.74. The lowest BCUT2D eigenvalue weighted by Crippen LogP contribution is -2.50. The van der Waals surface area contributed by atoms with Gasteiger partial charge in [-0.3, -0.25) is 4.79 Å². The molecule has 4 nitrogen and oxygen atoms in total. The van der Waals surface area contributed by atoms with Gasteiger partial charge in [-0.25, -0.2) is 0 Å². The van der Waals surface area contributed by atoms with Crippen molar-refractivity contribution < 1.29 is 9.53 Å². The maximum Gasteiger partial charge on any atom is 0.248 e. The second kappa shape index (κ2) is 3.64. The highest BCUT2D eigenvalue weighted by molar-refractivity contribution is 5.78. The number of carbonyl (C=O) groups excluding carboxylic acids is 1. The van der Waals surface area contributed by atoms with Gasteiger partial charge >= 0.3 is 0 Å². The van der Waals surface area contributed by atoms with Crippen LogP contribution in [0.15, 0.2) is 0 Å². The normalized spacial score (nSPS) is 29.5. The second-order valence-corrected chi connectivity index (χ2v) is 3.77. The maximum atomic E-state index is 11.4. The molecule has 2 fully saturated rings. The third-order valence-corrected chi connectivity index (χ3v) is 2.58. The first kappa shape index (κ1) is 8.97. The smallest absolute Gasteiger partial charge is 0.248 e. The number of hydrogen-bond acceptors (Lipinski definition) is 3. The molecule has 1 atom stereocenters. The summed E-state index contributed by atoms with van der Waals surface area (Å²) in [5.41, 5.74) is 0. The Hall–Kier alpha value is -0.610. The summed E-state index contributed by atoms with van der Waals surface area (Å²) in [7, 11) is 1.90. The molecule has 1 heterocycles. The van der Waals surface area contributed by atoms with Gasteiger partial charge < -0.3 is 15.0 Å². The van der Waals surface area contributed by atoms with Gasteiger partial charge in [-0.2, -0.15) is 0 Å². The number of morpholine rings is 1. The topological polar surface area (TPSA) is 41.6 Å². The standard InChI is InChI=1S/C9H16N2O2/c1-10-4-8-5-11(7-2-3-7)9(12)6-13-8/h7-8,10H,2-6H2,1H3. The zero-order chi connectivity index (χ0) is 9.26. The van der Waals surface area contributed by atoms with Gasteiger partial charge in [0.15, 0.2) is 0 Å². The molecule has 1 unspecified atom stereocenters. The molecule has 0 bridgehead atoms. The maximum absolute atomic E-state index is 11.4. The quantitative estimate of drug-likeness (QED) is 0.648. The molecule has 4 heteroatoms. The van der Waals surface area contributed by atoms with Gasteiger partial charge in [0, 0.05) is 19.1 Å². The minimum Gasteiger partial charge on any atom is -0.365 e. The predicted molar refractivity (Wildman–Crippen MR) is 48.4 cm³/mol. The number of carbonyl (C=O) groups is 1. The van der Waals surface area contributed by atoms with Crippen LogP contribution in [-0.4, -0.2) is 49.7 Å². The van der Waals surface area contributed by atoms with Crippen LogP contribution in [0.4, 0.5) is 0 Å². The molecule has 1 aliphatic heterocycles. The van der Waals surface area contributed by atoms with Crippen molar-refractivity contribution in [2.24, 2.45) is 0 Å². The number of nitrogens with zero attached hydrogens (tertiary/aromatic N) is 1. The van der Waals surface area contributed by atoms with Gasteiger partial charge in [-0.15, -0.1) is 0 Å². The van der Waals surface area contributed by atoms with Gasteiger partial charge in [-0.1, -0.05) is 0 Å². The molecule has 0 aromatic heterocycles. The molecule has 74 valence electrons. The molecule has 1 amide bonds. The van der Waals surface area contributed by atoms with Crippen LogP contribution in [0.25, 0.3) is 0 Å². The molecule has 13 heavy (non-hydrogen) atoms. The van der Waals surface area contributed by atoms with E-state index >= 15 is 0 Å². The van der Waals surface area contributed by atoms with E-state index in [0.29, 0.717) is 6.04 Å². The number of amides is 1. The summed E-state index contributed by atoms with van der Waals surface area (Å²) in [5, 5.41) is 3.07. The summed E-state index contributed by atoms with van der Waals surface area (Å²) in [4.78, 5) is 13.4. The molecule has 1 saturated heterocycles. The third kappa shape index (κ3) is 2.00. The monoisotopic (exact) mass is 184 g/mol. The van der Waals surface area contributed by atoms with Crippen LogP contribution in [0.5, 0.6) is 0 Å². The minimum absolute atomic E-state index is 0.162. The molecule has 0 spiro atoms. The first-order valence-corrected chi connectivity index (χ1v) is 4.87. The lowest BCUT2D eigenvalue weighted by molar-refractivity contribution is -0.149. The summed E-state index contributed by atoms with van der Waals surface area (Å²) in [6.45, 7) is 1.86. The molecular formula is C9H16N2O2. The molecule has 0 aromatic carbocycles. The van der Waals surface area contributed by atoms with E-state index in [9.17, 15) is 4.79 Å². The average Bonchev–Trinajstić information content (AvgIpc) is 2.92. The minimum atomic E-state index is 0.162. The van der Waals surface area contributed by atoms with E-state index in [1.165, 1.54) is 12.8 Å². The van der Waals surface area contributed by atoms with Crippen molar-refractivity contribution >= 4 is 5.91 Å². The van der Waals surface area contributed by atoms with Crippen LogP contribution in [0.3, 0.4) is 0 Å². The highest BCUT2D eigenvalue weighted by Gasteiger charge is 2.36. The van der Waals surface area contributed by atoms with E-state index in [2.05, 4.69) is 5.32 Å². The second-order valence-electron chi connectivity index (χ2n) is 3.77.